The Morgan fingerprint density at radius 1 is 1.12 bits per heavy atom. The highest BCUT2D eigenvalue weighted by atomic mass is 19.1. The van der Waals surface area contributed by atoms with E-state index in [1.807, 2.05) is 23.6 Å². The first-order valence-corrected chi connectivity index (χ1v) is 11.6. The molecule has 7 nitrogen and oxygen atoms in total. The van der Waals surface area contributed by atoms with E-state index in [0.29, 0.717) is 43.2 Å². The molecule has 1 saturated heterocycles. The fraction of sp³-hybridized carbons (Fsp3) is 0.480. The van der Waals surface area contributed by atoms with Crippen molar-refractivity contribution in [1.82, 2.24) is 14.5 Å². The lowest BCUT2D eigenvalue weighted by atomic mass is 10.2. The van der Waals surface area contributed by atoms with Crippen molar-refractivity contribution >= 4 is 22.8 Å². The van der Waals surface area contributed by atoms with Crippen LogP contribution in [0.2, 0.25) is 0 Å². The van der Waals surface area contributed by atoms with E-state index in [2.05, 4.69) is 23.7 Å². The van der Waals surface area contributed by atoms with Crippen molar-refractivity contribution in [3.63, 3.8) is 0 Å². The molecule has 0 unspecified atom stereocenters. The van der Waals surface area contributed by atoms with E-state index < -0.39 is 11.8 Å². The van der Waals surface area contributed by atoms with Gasteiger partial charge in [-0.2, -0.15) is 0 Å². The van der Waals surface area contributed by atoms with Crippen LogP contribution in [-0.4, -0.2) is 52.4 Å². The van der Waals surface area contributed by atoms with Crippen molar-refractivity contribution in [1.29, 1.82) is 0 Å². The zero-order valence-electron chi connectivity index (χ0n) is 19.7. The van der Waals surface area contributed by atoms with E-state index >= 15 is 4.39 Å². The third-order valence-electron chi connectivity index (χ3n) is 6.24. The van der Waals surface area contributed by atoms with Gasteiger partial charge in [-0.15, -0.1) is 0 Å². The maximum Gasteiger partial charge on any atom is 0.341 e. The molecule has 0 radical (unpaired) electrons. The van der Waals surface area contributed by atoms with Crippen LogP contribution in [0.25, 0.3) is 22.4 Å². The summed E-state index contributed by atoms with van der Waals surface area (Å²) < 4.78 is 27.7. The van der Waals surface area contributed by atoms with Crippen LogP contribution < -0.4 is 4.90 Å². The molecular weight excluding hydrogens is 423 g/mol. The molecule has 3 aromatic rings. The second kappa shape index (κ2) is 9.87. The number of fused-ring (bicyclic) bond motifs is 1. The second-order valence-corrected chi connectivity index (χ2v) is 8.39. The number of carbonyl (C=O) groups is 1. The van der Waals surface area contributed by atoms with Crippen LogP contribution in [-0.2, 0) is 16.0 Å². The largest absolute Gasteiger partial charge is 0.462 e. The number of aromatic nitrogens is 3. The number of hydrogen-bond donors (Lipinski definition) is 0. The number of hydrogen-bond acceptors (Lipinski definition) is 6. The Kier molecular flexibility index (Phi) is 6.93. The lowest BCUT2D eigenvalue weighted by molar-refractivity contribution is 0.0521. The molecule has 0 spiro atoms. The molecule has 2 aromatic heterocycles. The second-order valence-electron chi connectivity index (χ2n) is 8.39. The molecule has 0 saturated carbocycles. The molecule has 0 aliphatic carbocycles. The molecule has 4 rings (SSSR count). The van der Waals surface area contributed by atoms with Gasteiger partial charge in [-0.1, -0.05) is 0 Å². The van der Waals surface area contributed by atoms with Gasteiger partial charge in [0.25, 0.3) is 0 Å². The number of imidazole rings is 1. The number of rotatable bonds is 8. The molecule has 0 amide bonds. The van der Waals surface area contributed by atoms with E-state index in [1.54, 1.807) is 19.2 Å². The van der Waals surface area contributed by atoms with Crippen LogP contribution in [0.4, 0.5) is 10.2 Å². The van der Waals surface area contributed by atoms with Crippen LogP contribution >= 0.6 is 0 Å². The predicted octanol–water partition coefficient (Wildman–Crippen LogP) is 4.83. The number of pyridine rings is 1. The molecule has 0 bridgehead atoms. The van der Waals surface area contributed by atoms with Crippen LogP contribution in [0.3, 0.4) is 0 Å². The quantitative estimate of drug-likeness (QED) is 0.359. The van der Waals surface area contributed by atoms with Crippen LogP contribution in [0, 0.1) is 5.82 Å². The minimum atomic E-state index is -0.692. The van der Waals surface area contributed by atoms with Gasteiger partial charge in [-0.25, -0.2) is 19.2 Å². The number of ether oxygens (including phenoxy) is 2. The first-order chi connectivity index (χ1) is 16.0. The Morgan fingerprint density at radius 3 is 2.52 bits per heavy atom. The van der Waals surface area contributed by atoms with Crippen LogP contribution in [0.5, 0.6) is 0 Å². The molecule has 1 aliphatic rings. The maximum atomic E-state index is 15.3. The lowest BCUT2D eigenvalue weighted by Crippen LogP contribution is -2.33. The summed E-state index contributed by atoms with van der Waals surface area (Å²) in [6, 6.07) is 8.04. The molecule has 33 heavy (non-hydrogen) atoms. The highest BCUT2D eigenvalue weighted by molar-refractivity contribution is 5.95. The van der Waals surface area contributed by atoms with Crippen molar-refractivity contribution in [2.45, 2.75) is 59.2 Å². The molecular formula is C25H31FN4O3. The normalized spacial score (nSPS) is 18.3. The average Bonchev–Trinajstić information content (AvgIpc) is 3.34. The molecule has 2 atom stereocenters. The Balaban J connectivity index is 1.75. The standard InChI is InChI=1S/C25H31FN4O3/c1-5-32-14-13-29-20-11-10-19(25(31)33-6-2)22(26)23(20)28-24(29)18-9-12-21(27-15-18)30-16(3)7-8-17(30)4/h9-12,15-17H,5-8,13-14H2,1-4H3/t16-,17-/m0/s1. The van der Waals surface area contributed by atoms with E-state index in [9.17, 15) is 4.79 Å². The van der Waals surface area contributed by atoms with Gasteiger partial charge >= 0.3 is 5.97 Å². The summed E-state index contributed by atoms with van der Waals surface area (Å²) in [7, 11) is 0. The molecule has 176 valence electrons. The first kappa shape index (κ1) is 23.2. The molecule has 1 aromatic carbocycles. The Hall–Kier alpha value is -3.00. The molecule has 3 heterocycles. The average molecular weight is 455 g/mol. The van der Waals surface area contributed by atoms with Crippen molar-refractivity contribution in [2.24, 2.45) is 0 Å². The topological polar surface area (TPSA) is 69.5 Å². The van der Waals surface area contributed by atoms with Crippen molar-refractivity contribution in [3.8, 4) is 11.4 Å². The number of halogens is 1. The van der Waals surface area contributed by atoms with E-state index in [1.165, 1.54) is 6.07 Å². The van der Waals surface area contributed by atoms with E-state index in [0.717, 1.165) is 24.2 Å². The lowest BCUT2D eigenvalue weighted by Gasteiger charge is -2.27. The van der Waals surface area contributed by atoms with Gasteiger partial charge in [0.1, 0.15) is 17.2 Å². The summed E-state index contributed by atoms with van der Waals surface area (Å²) in [6.45, 7) is 9.79. The van der Waals surface area contributed by atoms with E-state index in [-0.39, 0.29) is 17.7 Å². The van der Waals surface area contributed by atoms with Gasteiger partial charge in [0.2, 0.25) is 0 Å². The smallest absolute Gasteiger partial charge is 0.341 e. The zero-order valence-corrected chi connectivity index (χ0v) is 19.7. The van der Waals surface area contributed by atoms with Gasteiger partial charge in [0.05, 0.1) is 24.3 Å². The summed E-state index contributed by atoms with van der Waals surface area (Å²) >= 11 is 0. The summed E-state index contributed by atoms with van der Waals surface area (Å²) in [5.41, 5.74) is 1.40. The highest BCUT2D eigenvalue weighted by Crippen LogP contribution is 2.32. The highest BCUT2D eigenvalue weighted by Gasteiger charge is 2.28. The molecule has 1 aliphatic heterocycles. The number of carbonyl (C=O) groups excluding carboxylic acids is 1. The Labute approximate surface area is 193 Å². The molecule has 8 heteroatoms. The predicted molar refractivity (Wildman–Crippen MR) is 126 cm³/mol. The monoisotopic (exact) mass is 454 g/mol. The van der Waals surface area contributed by atoms with E-state index in [4.69, 9.17) is 14.5 Å². The van der Waals surface area contributed by atoms with Gasteiger partial charge in [0, 0.05) is 37.0 Å². The Bertz CT molecular complexity index is 1120. The summed E-state index contributed by atoms with van der Waals surface area (Å²) in [6.07, 6.45) is 4.09. The van der Waals surface area contributed by atoms with Gasteiger partial charge in [-0.05, 0) is 64.8 Å². The van der Waals surface area contributed by atoms with Crippen molar-refractivity contribution in [2.75, 3.05) is 24.7 Å². The number of nitrogens with zero attached hydrogens (tertiary/aromatic N) is 4. The van der Waals surface area contributed by atoms with Gasteiger partial charge in [0.15, 0.2) is 5.82 Å². The van der Waals surface area contributed by atoms with Crippen molar-refractivity contribution < 1.29 is 18.7 Å². The van der Waals surface area contributed by atoms with Crippen molar-refractivity contribution in [3.05, 3.63) is 41.8 Å². The molecule has 0 N–H and O–H groups in total. The van der Waals surface area contributed by atoms with Gasteiger partial charge in [-0.3, -0.25) is 0 Å². The zero-order chi connectivity index (χ0) is 23.5. The summed E-state index contributed by atoms with van der Waals surface area (Å²) in [5.74, 6) is 0.157. The maximum absolute atomic E-state index is 15.3. The summed E-state index contributed by atoms with van der Waals surface area (Å²) in [5, 5.41) is 0. The minimum absolute atomic E-state index is 0.115. The molecule has 1 fully saturated rings. The number of benzene rings is 1. The van der Waals surface area contributed by atoms with Crippen LogP contribution in [0.1, 0.15) is 50.9 Å². The third-order valence-corrected chi connectivity index (χ3v) is 6.24. The SMILES string of the molecule is CCOCCn1c(-c2ccc(N3[C@@H](C)CC[C@@H]3C)nc2)nc2c(F)c(C(=O)OCC)ccc21. The number of esters is 1. The summed E-state index contributed by atoms with van der Waals surface area (Å²) in [4.78, 5) is 23.8. The van der Waals surface area contributed by atoms with Gasteiger partial charge < -0.3 is 18.9 Å². The fourth-order valence-electron chi connectivity index (χ4n) is 4.59. The van der Waals surface area contributed by atoms with Crippen LogP contribution in [0.15, 0.2) is 30.5 Å². The Morgan fingerprint density at radius 2 is 1.88 bits per heavy atom. The first-order valence-electron chi connectivity index (χ1n) is 11.6. The minimum Gasteiger partial charge on any atom is -0.462 e. The fourth-order valence-corrected chi connectivity index (χ4v) is 4.59. The number of anilines is 1. The third kappa shape index (κ3) is 4.44.